The van der Waals surface area contributed by atoms with E-state index in [4.69, 9.17) is 21.9 Å². The number of unbranched alkanes of at least 4 members (excludes halogenated alkanes) is 1. The largest absolute Gasteiger partial charge is 0.384 e. The van der Waals surface area contributed by atoms with E-state index in [1.54, 1.807) is 0 Å². The molecule has 5 N–H and O–H groups in total. The van der Waals surface area contributed by atoms with Crippen molar-refractivity contribution in [2.75, 3.05) is 19.6 Å². The molecule has 2 heterocycles. The highest BCUT2D eigenvalue weighted by Gasteiger charge is 2.37. The Bertz CT molecular complexity index is 2200. The molecule has 0 spiro atoms. The molecule has 7 rings (SSSR count). The average molecular weight is 746 g/mol. The van der Waals surface area contributed by atoms with Crippen LogP contribution in [0, 0.1) is 5.41 Å². The quantitative estimate of drug-likeness (QED) is 0.0682. The number of nitrogens with two attached hydrogens (primary N) is 2. The molecular formula is C48H55N7O. The number of nitrogens with one attached hydrogen (secondary N) is 1. The number of aromatic nitrogens is 2. The van der Waals surface area contributed by atoms with Gasteiger partial charge in [-0.2, -0.15) is 0 Å². The Morgan fingerprint density at radius 3 is 2.09 bits per heavy atom. The Hall–Kier alpha value is -5.57. The summed E-state index contributed by atoms with van der Waals surface area (Å²) in [5.41, 5.74) is 20.9. The van der Waals surface area contributed by atoms with Crippen LogP contribution in [0.2, 0.25) is 0 Å². The lowest BCUT2D eigenvalue weighted by Crippen LogP contribution is -2.44. The van der Waals surface area contributed by atoms with Crippen molar-refractivity contribution < 1.29 is 4.79 Å². The van der Waals surface area contributed by atoms with Crippen LogP contribution in [0.1, 0.15) is 82.2 Å². The van der Waals surface area contributed by atoms with Crippen LogP contribution >= 0.6 is 0 Å². The minimum atomic E-state index is -0.0785. The zero-order chi connectivity index (χ0) is 38.9. The fourth-order valence-electron chi connectivity index (χ4n) is 8.19. The molecule has 5 aromatic carbocycles. The third-order valence-electron chi connectivity index (χ3n) is 11.6. The summed E-state index contributed by atoms with van der Waals surface area (Å²) in [6.07, 6.45) is 5.54. The molecule has 1 saturated heterocycles. The number of benzene rings is 5. The lowest BCUT2D eigenvalue weighted by molar-refractivity contribution is 0.0741. The van der Waals surface area contributed by atoms with Gasteiger partial charge in [0.15, 0.2) is 0 Å². The standard InChI is InChI=1S/C48H55N7O/c1-2-3-28-54(34-39-16-14-37(32-49)15-17-39)47(56)41-23-24-44-43(31-41)52-45(25-20-36-18-21-40(22-19-36)46(50)51)55(44)35-48(42-12-8-5-9-13-42)26-29-53(30-27-48)33-38-10-6-4-7-11-38/h4-19,21-24,31H,2-3,20,25-30,32-35,49H2,1H3,(H3,50,51). The second-order valence-electron chi connectivity index (χ2n) is 15.4. The molecule has 1 aliphatic heterocycles. The molecule has 0 radical (unpaired) electrons. The van der Waals surface area contributed by atoms with Gasteiger partial charge in [-0.3, -0.25) is 15.1 Å². The first-order valence-electron chi connectivity index (χ1n) is 20.2. The van der Waals surface area contributed by atoms with Crippen LogP contribution in [0.4, 0.5) is 0 Å². The molecule has 0 atom stereocenters. The Morgan fingerprint density at radius 1 is 0.786 bits per heavy atom. The van der Waals surface area contributed by atoms with Crippen molar-refractivity contribution in [3.8, 4) is 0 Å². The molecule has 56 heavy (non-hydrogen) atoms. The number of likely N-dealkylation sites (tertiary alicyclic amines) is 1. The summed E-state index contributed by atoms with van der Waals surface area (Å²) < 4.78 is 2.45. The topological polar surface area (TPSA) is 117 Å². The van der Waals surface area contributed by atoms with Crippen LogP contribution in [0.25, 0.3) is 11.0 Å². The third kappa shape index (κ3) is 9.10. The van der Waals surface area contributed by atoms with E-state index in [0.29, 0.717) is 25.2 Å². The molecule has 1 aromatic heterocycles. The lowest BCUT2D eigenvalue weighted by atomic mass is 9.72. The molecule has 288 valence electrons. The molecule has 0 aliphatic carbocycles. The molecule has 8 heteroatoms. The Balaban J connectivity index is 1.21. The molecule has 8 nitrogen and oxygen atoms in total. The van der Waals surface area contributed by atoms with E-state index in [1.165, 1.54) is 16.7 Å². The maximum absolute atomic E-state index is 14.3. The lowest BCUT2D eigenvalue weighted by Gasteiger charge is -2.43. The van der Waals surface area contributed by atoms with E-state index in [1.807, 2.05) is 41.3 Å². The van der Waals surface area contributed by atoms with Gasteiger partial charge < -0.3 is 20.9 Å². The van der Waals surface area contributed by atoms with Crippen molar-refractivity contribution in [1.82, 2.24) is 19.4 Å². The minimum absolute atomic E-state index is 0.0245. The summed E-state index contributed by atoms with van der Waals surface area (Å²) in [5.74, 6) is 1.11. The fraction of sp³-hybridized carbons (Fsp3) is 0.312. The number of rotatable bonds is 16. The number of nitrogen functional groups attached to an aromatic ring is 1. The van der Waals surface area contributed by atoms with Gasteiger partial charge in [-0.25, -0.2) is 4.98 Å². The predicted octanol–water partition coefficient (Wildman–Crippen LogP) is 8.24. The normalized spacial score (nSPS) is 14.2. The molecule has 6 aromatic rings. The van der Waals surface area contributed by atoms with Gasteiger partial charge in [-0.05, 0) is 84.8 Å². The Labute approximate surface area is 331 Å². The van der Waals surface area contributed by atoms with Crippen LogP contribution in [-0.2, 0) is 44.4 Å². The third-order valence-corrected chi connectivity index (χ3v) is 11.6. The summed E-state index contributed by atoms with van der Waals surface area (Å²) >= 11 is 0. The van der Waals surface area contributed by atoms with Gasteiger partial charge in [0.2, 0.25) is 0 Å². The number of aryl methyl sites for hydroxylation is 2. The van der Waals surface area contributed by atoms with Gasteiger partial charge >= 0.3 is 0 Å². The van der Waals surface area contributed by atoms with Crippen molar-refractivity contribution in [3.63, 3.8) is 0 Å². The molecule has 0 saturated carbocycles. The number of nitrogens with zero attached hydrogens (tertiary/aromatic N) is 4. The predicted molar refractivity (Wildman–Crippen MR) is 228 cm³/mol. The Morgan fingerprint density at radius 2 is 1.43 bits per heavy atom. The monoisotopic (exact) mass is 745 g/mol. The zero-order valence-corrected chi connectivity index (χ0v) is 32.7. The van der Waals surface area contributed by atoms with Crippen LogP contribution in [-0.4, -0.2) is 50.7 Å². The summed E-state index contributed by atoms with van der Waals surface area (Å²) in [6.45, 7) is 7.67. The van der Waals surface area contributed by atoms with Crippen molar-refractivity contribution in [2.24, 2.45) is 11.5 Å². The second-order valence-corrected chi connectivity index (χ2v) is 15.4. The second kappa shape index (κ2) is 17.9. The van der Waals surface area contributed by atoms with E-state index in [9.17, 15) is 4.79 Å². The SMILES string of the molecule is CCCCN(Cc1ccc(CN)cc1)C(=O)c1ccc2c(c1)nc(CCc1ccc(C(=N)N)cc1)n2CC1(c2ccccc2)CCN(Cc2ccccc2)CC1. The number of hydrogen-bond donors (Lipinski definition) is 3. The highest BCUT2D eigenvalue weighted by atomic mass is 16.2. The van der Waals surface area contributed by atoms with Crippen molar-refractivity contribution in [3.05, 3.63) is 172 Å². The van der Waals surface area contributed by atoms with Gasteiger partial charge in [0.1, 0.15) is 11.7 Å². The minimum Gasteiger partial charge on any atom is -0.384 e. The van der Waals surface area contributed by atoms with Crippen molar-refractivity contribution in [1.29, 1.82) is 5.41 Å². The summed E-state index contributed by atoms with van der Waals surface area (Å²) in [4.78, 5) is 24.1. The number of piperidine rings is 1. The van der Waals surface area contributed by atoms with Gasteiger partial charge in [0.25, 0.3) is 5.91 Å². The molecule has 1 fully saturated rings. The molecular weight excluding hydrogens is 691 g/mol. The van der Waals surface area contributed by atoms with Crippen LogP contribution < -0.4 is 11.5 Å². The first-order chi connectivity index (χ1) is 27.3. The summed E-state index contributed by atoms with van der Waals surface area (Å²) in [7, 11) is 0. The summed E-state index contributed by atoms with van der Waals surface area (Å²) in [6, 6.07) is 44.1. The number of carbonyl (C=O) groups excluding carboxylic acids is 1. The summed E-state index contributed by atoms with van der Waals surface area (Å²) in [5, 5.41) is 7.82. The number of fused-ring (bicyclic) bond motifs is 1. The van der Waals surface area contributed by atoms with Gasteiger partial charge in [-0.15, -0.1) is 0 Å². The number of carbonyl (C=O) groups is 1. The van der Waals surface area contributed by atoms with E-state index < -0.39 is 0 Å². The maximum atomic E-state index is 14.3. The number of hydrogen-bond acceptors (Lipinski definition) is 5. The number of imidazole rings is 1. The molecule has 1 amide bonds. The van der Waals surface area contributed by atoms with Crippen LogP contribution in [0.5, 0.6) is 0 Å². The van der Waals surface area contributed by atoms with Crippen molar-refractivity contribution >= 4 is 22.8 Å². The molecule has 1 aliphatic rings. The van der Waals surface area contributed by atoms with E-state index in [-0.39, 0.29) is 17.2 Å². The molecule has 0 bridgehead atoms. The highest BCUT2D eigenvalue weighted by molar-refractivity contribution is 5.97. The number of amides is 1. The van der Waals surface area contributed by atoms with Gasteiger partial charge in [0, 0.05) is 55.7 Å². The fourth-order valence-corrected chi connectivity index (χ4v) is 8.19. The first kappa shape index (κ1) is 38.7. The van der Waals surface area contributed by atoms with E-state index in [0.717, 1.165) is 98.3 Å². The molecule has 0 unspecified atom stereocenters. The first-order valence-corrected chi connectivity index (χ1v) is 20.2. The van der Waals surface area contributed by atoms with E-state index in [2.05, 4.69) is 107 Å². The van der Waals surface area contributed by atoms with Crippen LogP contribution in [0.3, 0.4) is 0 Å². The van der Waals surface area contributed by atoms with Crippen molar-refractivity contribution in [2.45, 2.75) is 77.0 Å². The Kier molecular flexibility index (Phi) is 12.4. The highest BCUT2D eigenvalue weighted by Crippen LogP contribution is 2.39. The smallest absolute Gasteiger partial charge is 0.254 e. The van der Waals surface area contributed by atoms with Crippen LogP contribution in [0.15, 0.2) is 127 Å². The number of amidine groups is 1. The average Bonchev–Trinajstić information content (AvgIpc) is 3.58. The van der Waals surface area contributed by atoms with E-state index >= 15 is 0 Å². The zero-order valence-electron chi connectivity index (χ0n) is 32.7. The van der Waals surface area contributed by atoms with Gasteiger partial charge in [0.05, 0.1) is 11.0 Å². The maximum Gasteiger partial charge on any atom is 0.254 e. The van der Waals surface area contributed by atoms with Gasteiger partial charge in [-0.1, -0.05) is 123 Å².